The number of pyridine rings is 2. The van der Waals surface area contributed by atoms with Crippen molar-refractivity contribution in [2.75, 3.05) is 30.4 Å². The first kappa shape index (κ1) is 23.8. The maximum atomic E-state index is 13.3. The summed E-state index contributed by atoms with van der Waals surface area (Å²) in [7, 11) is 0. The van der Waals surface area contributed by atoms with Crippen LogP contribution in [0.15, 0.2) is 73.2 Å². The summed E-state index contributed by atoms with van der Waals surface area (Å²) >= 11 is 0. The van der Waals surface area contributed by atoms with Crippen LogP contribution in [0, 0.1) is 5.82 Å². The molecule has 4 rings (SSSR count). The monoisotopic (exact) mass is 474 g/mol. The molecule has 0 aliphatic carbocycles. The Morgan fingerprint density at radius 1 is 1.06 bits per heavy atom. The Morgan fingerprint density at radius 2 is 1.94 bits per heavy atom. The largest absolute Gasteiger partial charge is 0.369 e. The number of nitrogens with two attached hydrogens (primary N) is 1. The summed E-state index contributed by atoms with van der Waals surface area (Å²) in [5, 5.41) is 10.3. The average molecular weight is 475 g/mol. The minimum atomic E-state index is -0.242. The van der Waals surface area contributed by atoms with E-state index in [4.69, 9.17) is 5.73 Å². The zero-order valence-corrected chi connectivity index (χ0v) is 19.1. The smallest absolute Gasteiger partial charge is 0.253 e. The van der Waals surface area contributed by atoms with E-state index >= 15 is 0 Å². The molecule has 0 radical (unpaired) electrons. The lowest BCUT2D eigenvalue weighted by molar-refractivity contribution is 0.0950. The summed E-state index contributed by atoms with van der Waals surface area (Å²) in [6, 6.07) is 15.6. The molecule has 0 saturated carbocycles. The van der Waals surface area contributed by atoms with E-state index in [2.05, 4.69) is 31.1 Å². The molecular formula is C25H27FN8O. The summed E-state index contributed by atoms with van der Waals surface area (Å²) in [6.07, 6.45) is 5.70. The Kier molecular flexibility index (Phi) is 7.97. The lowest BCUT2D eigenvalue weighted by Gasteiger charge is -2.08. The first-order chi connectivity index (χ1) is 17.1. The third-order valence-corrected chi connectivity index (χ3v) is 5.17. The van der Waals surface area contributed by atoms with E-state index in [0.29, 0.717) is 43.9 Å². The van der Waals surface area contributed by atoms with Crippen LogP contribution in [0.2, 0.25) is 0 Å². The molecule has 180 valence electrons. The van der Waals surface area contributed by atoms with Crippen molar-refractivity contribution in [3.05, 3.63) is 95.8 Å². The molecule has 10 heteroatoms. The second kappa shape index (κ2) is 11.7. The van der Waals surface area contributed by atoms with E-state index in [1.54, 1.807) is 29.2 Å². The number of nitrogens with one attached hydrogen (secondary N) is 3. The second-order valence-corrected chi connectivity index (χ2v) is 7.81. The van der Waals surface area contributed by atoms with Gasteiger partial charge in [-0.1, -0.05) is 18.2 Å². The Labute approximate surface area is 202 Å². The Morgan fingerprint density at radius 3 is 2.74 bits per heavy atom. The predicted molar refractivity (Wildman–Crippen MR) is 133 cm³/mol. The van der Waals surface area contributed by atoms with Gasteiger partial charge in [0.2, 0.25) is 0 Å². The van der Waals surface area contributed by atoms with Crippen LogP contribution in [0.5, 0.6) is 0 Å². The van der Waals surface area contributed by atoms with Gasteiger partial charge in [-0.15, -0.1) is 0 Å². The summed E-state index contributed by atoms with van der Waals surface area (Å²) in [6.45, 7) is 2.04. The molecule has 0 atom stereocenters. The van der Waals surface area contributed by atoms with E-state index in [9.17, 15) is 9.18 Å². The molecule has 5 N–H and O–H groups in total. The molecule has 0 bridgehead atoms. The SMILES string of the molecule is NCCNc1cccc(CNC(=O)c2ccc(-c3cnn(NCCc4cccc(F)c4)c3)nc2)n1. The van der Waals surface area contributed by atoms with Gasteiger partial charge in [0.1, 0.15) is 11.6 Å². The van der Waals surface area contributed by atoms with Crippen molar-refractivity contribution >= 4 is 11.7 Å². The van der Waals surface area contributed by atoms with Crippen LogP contribution in [0.4, 0.5) is 10.2 Å². The number of nitrogens with zero attached hydrogens (tertiary/aromatic N) is 4. The Hall–Kier alpha value is -4.31. The highest BCUT2D eigenvalue weighted by molar-refractivity contribution is 5.94. The lowest BCUT2D eigenvalue weighted by atomic mass is 10.1. The van der Waals surface area contributed by atoms with Gasteiger partial charge in [0.05, 0.1) is 35.9 Å². The third kappa shape index (κ3) is 6.84. The van der Waals surface area contributed by atoms with Gasteiger partial charge >= 0.3 is 0 Å². The highest BCUT2D eigenvalue weighted by Gasteiger charge is 2.09. The highest BCUT2D eigenvalue weighted by Crippen LogP contribution is 2.16. The molecule has 9 nitrogen and oxygen atoms in total. The molecule has 0 aliphatic rings. The summed E-state index contributed by atoms with van der Waals surface area (Å²) < 4.78 is 13.3. The zero-order chi connectivity index (χ0) is 24.5. The fourth-order valence-electron chi connectivity index (χ4n) is 3.40. The molecule has 0 unspecified atom stereocenters. The number of aromatic nitrogens is 4. The fourth-order valence-corrected chi connectivity index (χ4v) is 3.40. The Bertz CT molecular complexity index is 1260. The molecule has 3 aromatic heterocycles. The number of hydrogen-bond acceptors (Lipinski definition) is 7. The fraction of sp³-hybridized carbons (Fsp3) is 0.200. The maximum Gasteiger partial charge on any atom is 0.253 e. The first-order valence-electron chi connectivity index (χ1n) is 11.3. The van der Waals surface area contributed by atoms with Gasteiger partial charge in [-0.05, 0) is 48.4 Å². The van der Waals surface area contributed by atoms with Crippen molar-refractivity contribution in [3.8, 4) is 11.3 Å². The molecule has 0 aliphatic heterocycles. The number of carbonyl (C=O) groups is 1. The van der Waals surface area contributed by atoms with Crippen molar-refractivity contribution in [2.45, 2.75) is 13.0 Å². The van der Waals surface area contributed by atoms with Gasteiger partial charge in [0.15, 0.2) is 0 Å². The first-order valence-corrected chi connectivity index (χ1v) is 11.3. The number of amides is 1. The second-order valence-electron chi connectivity index (χ2n) is 7.81. The number of benzene rings is 1. The van der Waals surface area contributed by atoms with Gasteiger partial charge in [0.25, 0.3) is 5.91 Å². The van der Waals surface area contributed by atoms with Gasteiger partial charge in [0, 0.05) is 31.4 Å². The molecule has 1 aromatic carbocycles. The number of halogens is 1. The van der Waals surface area contributed by atoms with Gasteiger partial charge in [-0.25, -0.2) is 9.37 Å². The number of hydrogen-bond donors (Lipinski definition) is 4. The zero-order valence-electron chi connectivity index (χ0n) is 19.1. The van der Waals surface area contributed by atoms with Crippen molar-refractivity contribution in [1.82, 2.24) is 25.2 Å². The predicted octanol–water partition coefficient (Wildman–Crippen LogP) is 2.57. The number of rotatable bonds is 11. The van der Waals surface area contributed by atoms with Crippen LogP contribution >= 0.6 is 0 Å². The molecule has 1 amide bonds. The van der Waals surface area contributed by atoms with Crippen LogP contribution in [-0.4, -0.2) is 45.4 Å². The van der Waals surface area contributed by atoms with Crippen LogP contribution in [-0.2, 0) is 13.0 Å². The minimum absolute atomic E-state index is 0.235. The standard InChI is InChI=1S/C25H27FN8O/c26-21-4-1-3-18(13-21)9-11-31-34-17-20(15-32-34)23-8-7-19(14-29-23)25(35)30-16-22-5-2-6-24(33-22)28-12-10-27/h1-8,13-15,17,31H,9-12,16,27H2,(H,28,33)(H,30,35). The van der Waals surface area contributed by atoms with E-state index in [1.165, 1.54) is 18.3 Å². The van der Waals surface area contributed by atoms with Crippen molar-refractivity contribution < 1.29 is 9.18 Å². The molecule has 0 saturated heterocycles. The minimum Gasteiger partial charge on any atom is -0.369 e. The van der Waals surface area contributed by atoms with Crippen molar-refractivity contribution in [3.63, 3.8) is 0 Å². The molecule has 4 aromatic rings. The van der Waals surface area contributed by atoms with E-state index < -0.39 is 0 Å². The van der Waals surface area contributed by atoms with Crippen LogP contribution < -0.4 is 21.8 Å². The lowest BCUT2D eigenvalue weighted by Crippen LogP contribution is -2.23. The summed E-state index contributed by atoms with van der Waals surface area (Å²) in [5.74, 6) is 0.242. The van der Waals surface area contributed by atoms with Gasteiger partial charge < -0.3 is 21.8 Å². The topological polar surface area (TPSA) is 123 Å². The van der Waals surface area contributed by atoms with E-state index in [-0.39, 0.29) is 11.7 Å². The van der Waals surface area contributed by atoms with Gasteiger partial charge in [-0.3, -0.25) is 9.78 Å². The highest BCUT2D eigenvalue weighted by atomic mass is 19.1. The van der Waals surface area contributed by atoms with Crippen LogP contribution in [0.1, 0.15) is 21.6 Å². The van der Waals surface area contributed by atoms with Crippen LogP contribution in [0.3, 0.4) is 0 Å². The Balaban J connectivity index is 1.28. The van der Waals surface area contributed by atoms with E-state index in [0.717, 1.165) is 22.6 Å². The average Bonchev–Trinajstić information content (AvgIpc) is 3.35. The quantitative estimate of drug-likeness (QED) is 0.263. The molecule has 3 heterocycles. The third-order valence-electron chi connectivity index (χ3n) is 5.17. The van der Waals surface area contributed by atoms with Crippen LogP contribution in [0.25, 0.3) is 11.3 Å². The number of carbonyl (C=O) groups excluding carboxylic acids is 1. The summed E-state index contributed by atoms with van der Waals surface area (Å²) in [4.78, 5) is 23.0. The van der Waals surface area contributed by atoms with E-state index in [1.807, 2.05) is 30.5 Å². The van der Waals surface area contributed by atoms with Gasteiger partial charge in [-0.2, -0.15) is 9.89 Å². The van der Waals surface area contributed by atoms with Crippen molar-refractivity contribution in [2.24, 2.45) is 5.73 Å². The normalized spacial score (nSPS) is 10.7. The maximum absolute atomic E-state index is 13.3. The molecular weight excluding hydrogens is 447 g/mol. The molecule has 0 fully saturated rings. The van der Waals surface area contributed by atoms with Crippen molar-refractivity contribution in [1.29, 1.82) is 0 Å². The number of anilines is 1. The molecule has 0 spiro atoms. The summed E-state index contributed by atoms with van der Waals surface area (Å²) in [5.41, 5.74) is 12.3. The molecule has 35 heavy (non-hydrogen) atoms.